The number of thiophene rings is 1. The maximum absolute atomic E-state index is 12.5. The summed E-state index contributed by atoms with van der Waals surface area (Å²) < 4.78 is 27.4. The molecule has 7 nitrogen and oxygen atoms in total. The van der Waals surface area contributed by atoms with Crippen molar-refractivity contribution in [1.82, 2.24) is 10.2 Å². The van der Waals surface area contributed by atoms with Crippen molar-refractivity contribution in [2.45, 2.75) is 4.90 Å². The summed E-state index contributed by atoms with van der Waals surface area (Å²) in [4.78, 5) is 13.5. The van der Waals surface area contributed by atoms with Crippen molar-refractivity contribution >= 4 is 38.8 Å². The number of hydrogen-bond acceptors (Lipinski definition) is 5. The van der Waals surface area contributed by atoms with Crippen LogP contribution < -0.4 is 10.0 Å². The van der Waals surface area contributed by atoms with Crippen molar-refractivity contribution in [3.05, 3.63) is 83.7 Å². The van der Waals surface area contributed by atoms with Crippen LogP contribution in [-0.2, 0) is 10.0 Å². The molecule has 3 N–H and O–H groups in total. The Morgan fingerprint density at radius 3 is 2.41 bits per heavy atom. The molecule has 4 rings (SSSR count). The molecule has 2 aromatic carbocycles. The third-order valence-electron chi connectivity index (χ3n) is 4.06. The Balaban J connectivity index is 1.45. The van der Waals surface area contributed by atoms with Crippen LogP contribution in [0.2, 0.25) is 0 Å². The third kappa shape index (κ3) is 4.36. The number of aromatic amines is 1. The first kappa shape index (κ1) is 18.9. The highest BCUT2D eigenvalue weighted by molar-refractivity contribution is 7.92. The van der Waals surface area contributed by atoms with Gasteiger partial charge in [0.2, 0.25) is 0 Å². The zero-order valence-corrected chi connectivity index (χ0v) is 16.6. The van der Waals surface area contributed by atoms with E-state index in [-0.39, 0.29) is 10.8 Å². The molecule has 0 aliphatic heterocycles. The molecule has 4 aromatic rings. The number of anilines is 2. The number of carbonyl (C=O) groups excluding carboxylic acids is 1. The number of aromatic nitrogens is 2. The topological polar surface area (TPSA) is 104 Å². The van der Waals surface area contributed by atoms with Crippen LogP contribution in [0.1, 0.15) is 10.4 Å². The minimum Gasteiger partial charge on any atom is -0.305 e. The van der Waals surface area contributed by atoms with Gasteiger partial charge in [0.15, 0.2) is 5.82 Å². The van der Waals surface area contributed by atoms with E-state index in [9.17, 15) is 13.2 Å². The number of carbonyl (C=O) groups is 1. The van der Waals surface area contributed by atoms with Crippen LogP contribution >= 0.6 is 11.3 Å². The average Bonchev–Trinajstić information content (AvgIpc) is 3.40. The highest BCUT2D eigenvalue weighted by Gasteiger charge is 2.16. The number of nitrogens with one attached hydrogen (secondary N) is 3. The smallest absolute Gasteiger partial charge is 0.261 e. The fourth-order valence-corrected chi connectivity index (χ4v) is 4.39. The second-order valence-electron chi connectivity index (χ2n) is 6.09. The Hall–Kier alpha value is -3.43. The summed E-state index contributed by atoms with van der Waals surface area (Å²) in [6.45, 7) is 0. The molecule has 0 saturated heterocycles. The second-order valence-corrected chi connectivity index (χ2v) is 8.72. The number of para-hydroxylation sites is 1. The van der Waals surface area contributed by atoms with E-state index < -0.39 is 10.0 Å². The van der Waals surface area contributed by atoms with E-state index in [1.54, 1.807) is 47.7 Å². The first-order chi connectivity index (χ1) is 14.0. The predicted octanol–water partition coefficient (Wildman–Crippen LogP) is 4.19. The zero-order chi connectivity index (χ0) is 20.3. The first-order valence-electron chi connectivity index (χ1n) is 8.60. The lowest BCUT2D eigenvalue weighted by molar-refractivity contribution is 0.102. The minimum absolute atomic E-state index is 0.0673. The van der Waals surface area contributed by atoms with Crippen LogP contribution in [-0.4, -0.2) is 24.5 Å². The van der Waals surface area contributed by atoms with Crippen molar-refractivity contribution < 1.29 is 13.2 Å². The van der Waals surface area contributed by atoms with Gasteiger partial charge >= 0.3 is 0 Å². The van der Waals surface area contributed by atoms with Gasteiger partial charge in [-0.15, -0.1) is 11.3 Å². The van der Waals surface area contributed by atoms with E-state index in [0.29, 0.717) is 17.1 Å². The van der Waals surface area contributed by atoms with Gasteiger partial charge in [0.25, 0.3) is 15.9 Å². The lowest BCUT2D eigenvalue weighted by Crippen LogP contribution is -2.15. The van der Waals surface area contributed by atoms with Gasteiger partial charge in [-0.1, -0.05) is 24.3 Å². The molecular weight excluding hydrogens is 408 g/mol. The zero-order valence-electron chi connectivity index (χ0n) is 15.0. The Labute approximate surface area is 171 Å². The summed E-state index contributed by atoms with van der Waals surface area (Å²) in [5, 5.41) is 11.6. The van der Waals surface area contributed by atoms with Gasteiger partial charge in [-0.25, -0.2) is 8.42 Å². The largest absolute Gasteiger partial charge is 0.305 e. The lowest BCUT2D eigenvalue weighted by atomic mass is 10.2. The summed E-state index contributed by atoms with van der Waals surface area (Å²) in [6.07, 6.45) is 0. The number of hydrogen-bond donors (Lipinski definition) is 3. The molecule has 9 heteroatoms. The van der Waals surface area contributed by atoms with E-state index in [1.807, 2.05) is 17.5 Å². The molecule has 1 amide bonds. The highest BCUT2D eigenvalue weighted by atomic mass is 32.2. The number of amides is 1. The quantitative estimate of drug-likeness (QED) is 0.432. The Morgan fingerprint density at radius 2 is 1.72 bits per heavy atom. The Morgan fingerprint density at radius 1 is 0.966 bits per heavy atom. The average molecular weight is 425 g/mol. The number of H-pyrrole nitrogens is 1. The standard InChI is InChI=1S/C20H16N4O3S2/c25-20(21-19-13-17(22-23-19)18-7-4-12-28-18)14-8-10-16(11-9-14)29(26,27)24-15-5-2-1-3-6-15/h1-13,24H,(H2,21,22,23,25). The van der Waals surface area contributed by atoms with Crippen molar-refractivity contribution in [2.75, 3.05) is 10.0 Å². The van der Waals surface area contributed by atoms with E-state index in [0.717, 1.165) is 10.6 Å². The summed E-state index contributed by atoms with van der Waals surface area (Å²) in [5.74, 6) is 0.00929. The van der Waals surface area contributed by atoms with Gasteiger partial charge in [0, 0.05) is 17.3 Å². The molecule has 0 aliphatic rings. The molecule has 0 bridgehead atoms. The molecule has 0 spiro atoms. The molecule has 2 heterocycles. The van der Waals surface area contributed by atoms with Crippen LogP contribution in [0.3, 0.4) is 0 Å². The second kappa shape index (κ2) is 7.90. The van der Waals surface area contributed by atoms with Crippen LogP contribution in [0.4, 0.5) is 11.5 Å². The molecule has 0 saturated carbocycles. The number of benzene rings is 2. The lowest BCUT2D eigenvalue weighted by Gasteiger charge is -2.08. The molecule has 0 aliphatic carbocycles. The van der Waals surface area contributed by atoms with E-state index in [2.05, 4.69) is 20.2 Å². The fourth-order valence-electron chi connectivity index (χ4n) is 2.64. The summed E-state index contributed by atoms with van der Waals surface area (Å²) in [5.41, 5.74) is 1.60. The van der Waals surface area contributed by atoms with Crippen molar-refractivity contribution in [3.63, 3.8) is 0 Å². The predicted molar refractivity (Wildman–Crippen MR) is 114 cm³/mol. The fraction of sp³-hybridized carbons (Fsp3) is 0. The maximum Gasteiger partial charge on any atom is 0.261 e. The molecule has 0 atom stereocenters. The van der Waals surface area contributed by atoms with Gasteiger partial charge in [-0.3, -0.25) is 14.6 Å². The molecule has 0 fully saturated rings. The molecule has 2 aromatic heterocycles. The van der Waals surface area contributed by atoms with Crippen molar-refractivity contribution in [3.8, 4) is 10.6 Å². The maximum atomic E-state index is 12.5. The highest BCUT2D eigenvalue weighted by Crippen LogP contribution is 2.24. The molecule has 0 unspecified atom stereocenters. The van der Waals surface area contributed by atoms with E-state index in [4.69, 9.17) is 0 Å². The van der Waals surface area contributed by atoms with Crippen molar-refractivity contribution in [2.24, 2.45) is 0 Å². The van der Waals surface area contributed by atoms with Gasteiger partial charge in [-0.05, 0) is 47.8 Å². The number of rotatable bonds is 6. The normalized spacial score (nSPS) is 11.2. The monoisotopic (exact) mass is 424 g/mol. The van der Waals surface area contributed by atoms with Gasteiger partial charge < -0.3 is 5.32 Å². The summed E-state index contributed by atoms with van der Waals surface area (Å²) in [7, 11) is -3.73. The molecule has 0 radical (unpaired) electrons. The van der Waals surface area contributed by atoms with Gasteiger partial charge in [0.1, 0.15) is 0 Å². The number of nitrogens with zero attached hydrogens (tertiary/aromatic N) is 1. The van der Waals surface area contributed by atoms with E-state index in [1.165, 1.54) is 24.3 Å². The van der Waals surface area contributed by atoms with Crippen LogP contribution in [0.25, 0.3) is 10.6 Å². The minimum atomic E-state index is -3.73. The van der Waals surface area contributed by atoms with Crippen LogP contribution in [0.5, 0.6) is 0 Å². The van der Waals surface area contributed by atoms with Crippen LogP contribution in [0.15, 0.2) is 83.1 Å². The molecular formula is C20H16N4O3S2. The van der Waals surface area contributed by atoms with Gasteiger partial charge in [0.05, 0.1) is 15.5 Å². The Bertz CT molecular complexity index is 1220. The molecule has 146 valence electrons. The SMILES string of the molecule is O=C(Nc1cc(-c2cccs2)[nH]n1)c1ccc(S(=O)(=O)Nc2ccccc2)cc1. The van der Waals surface area contributed by atoms with Crippen molar-refractivity contribution in [1.29, 1.82) is 0 Å². The third-order valence-corrected chi connectivity index (χ3v) is 6.36. The van der Waals surface area contributed by atoms with E-state index >= 15 is 0 Å². The summed E-state index contributed by atoms with van der Waals surface area (Å²) in [6, 6.07) is 19.9. The first-order valence-corrected chi connectivity index (χ1v) is 11.0. The molecule has 29 heavy (non-hydrogen) atoms. The summed E-state index contributed by atoms with van der Waals surface area (Å²) >= 11 is 1.56. The van der Waals surface area contributed by atoms with Gasteiger partial charge in [-0.2, -0.15) is 5.10 Å². The Kier molecular flexibility index (Phi) is 5.15. The number of sulfonamides is 1. The van der Waals surface area contributed by atoms with Crippen LogP contribution in [0, 0.1) is 0 Å².